The molecule has 1 heterocycles. The second kappa shape index (κ2) is 5.17. The second-order valence-electron chi connectivity index (χ2n) is 3.33. The molecule has 11 heteroatoms. The average Bonchev–Trinajstić information content (AvgIpc) is 2.24. The van der Waals surface area contributed by atoms with Crippen molar-refractivity contribution in [2.75, 3.05) is 0 Å². The number of hydrogen-bond donors (Lipinski definition) is 1. The van der Waals surface area contributed by atoms with Gasteiger partial charge in [-0.25, -0.2) is 22.2 Å². The third-order valence-electron chi connectivity index (χ3n) is 2.05. The molecule has 108 valence electrons. The van der Waals surface area contributed by atoms with Gasteiger partial charge in [-0.1, -0.05) is 0 Å². The lowest BCUT2D eigenvalue weighted by molar-refractivity contribution is -0.141. The third-order valence-corrected chi connectivity index (χ3v) is 3.24. The van der Waals surface area contributed by atoms with Gasteiger partial charge >= 0.3 is 6.18 Å². The van der Waals surface area contributed by atoms with Crippen LogP contribution >= 0.6 is 10.7 Å². The zero-order chi connectivity index (χ0) is 15.0. The highest BCUT2D eigenvalue weighted by Gasteiger charge is 2.41. The highest BCUT2D eigenvalue weighted by molar-refractivity contribution is 8.13. The fourth-order valence-electron chi connectivity index (χ4n) is 1.35. The fourth-order valence-corrected chi connectivity index (χ4v) is 2.39. The summed E-state index contributed by atoms with van der Waals surface area (Å²) in [7, 11) is -0.154. The van der Waals surface area contributed by atoms with Gasteiger partial charge in [0.15, 0.2) is 5.03 Å². The van der Waals surface area contributed by atoms with Gasteiger partial charge in [-0.05, 0) is 11.6 Å². The van der Waals surface area contributed by atoms with Crippen molar-refractivity contribution < 1.29 is 30.4 Å². The highest BCUT2D eigenvalue weighted by atomic mass is 35.7. The van der Waals surface area contributed by atoms with Gasteiger partial charge in [-0.3, -0.25) is 0 Å². The van der Waals surface area contributed by atoms with Gasteiger partial charge in [0.25, 0.3) is 15.5 Å². The van der Waals surface area contributed by atoms with Gasteiger partial charge in [-0.2, -0.15) is 13.2 Å². The zero-order valence-corrected chi connectivity index (χ0v) is 10.5. The molecule has 0 amide bonds. The number of hydrogen-bond acceptors (Lipinski definition) is 4. The van der Waals surface area contributed by atoms with Crippen LogP contribution in [0.25, 0.3) is 0 Å². The Labute approximate surface area is 108 Å². The second-order valence-corrected chi connectivity index (χ2v) is 5.81. The maximum atomic E-state index is 12.8. The van der Waals surface area contributed by atoms with Crippen LogP contribution in [0.5, 0.6) is 0 Å². The maximum Gasteiger partial charge on any atom is 0.419 e. The zero-order valence-electron chi connectivity index (χ0n) is 8.88. The quantitative estimate of drug-likeness (QED) is 0.684. The molecular weight excluding hydrogens is 319 g/mol. The molecule has 0 atom stereocenters. The van der Waals surface area contributed by atoms with Crippen molar-refractivity contribution in [2.24, 2.45) is 5.73 Å². The molecular formula is C8H6ClF5N2O2S. The van der Waals surface area contributed by atoms with Crippen LogP contribution < -0.4 is 5.73 Å². The molecule has 2 N–H and O–H groups in total. The van der Waals surface area contributed by atoms with Gasteiger partial charge in [0, 0.05) is 17.2 Å². The molecule has 0 unspecified atom stereocenters. The summed E-state index contributed by atoms with van der Waals surface area (Å²) >= 11 is 0. The number of halogens is 6. The predicted octanol–water partition coefficient (Wildman–Crippen LogP) is 2.42. The van der Waals surface area contributed by atoms with Crippen LogP contribution in [0, 0.1) is 0 Å². The summed E-state index contributed by atoms with van der Waals surface area (Å²) in [5, 5.41) is -1.67. The third kappa shape index (κ3) is 3.51. The smallest absolute Gasteiger partial charge is 0.326 e. The highest BCUT2D eigenvalue weighted by Crippen LogP contribution is 2.38. The number of rotatable bonds is 3. The van der Waals surface area contributed by atoms with Crippen molar-refractivity contribution in [2.45, 2.75) is 24.2 Å². The summed E-state index contributed by atoms with van der Waals surface area (Å²) in [4.78, 5) is 2.77. The van der Waals surface area contributed by atoms with Crippen molar-refractivity contribution >= 4 is 19.7 Å². The first-order valence-electron chi connectivity index (χ1n) is 4.52. The maximum absolute atomic E-state index is 12.8. The van der Waals surface area contributed by atoms with Crippen molar-refractivity contribution in [3.8, 4) is 0 Å². The van der Waals surface area contributed by atoms with E-state index in [4.69, 9.17) is 16.4 Å². The molecule has 0 aliphatic rings. The Bertz CT molecular complexity index is 588. The van der Waals surface area contributed by atoms with Crippen LogP contribution in [0.2, 0.25) is 0 Å². The van der Waals surface area contributed by atoms with Gasteiger partial charge in [0.1, 0.15) is 5.69 Å². The molecule has 0 aliphatic heterocycles. The number of nitrogens with two attached hydrogens (primary N) is 1. The summed E-state index contributed by atoms with van der Waals surface area (Å²) < 4.78 is 85.3. The van der Waals surface area contributed by atoms with E-state index in [0.29, 0.717) is 6.07 Å². The minimum atomic E-state index is -5.14. The molecule has 0 aliphatic carbocycles. The summed E-state index contributed by atoms with van der Waals surface area (Å²) in [6.45, 7) is -0.795. The SMILES string of the molecule is NCc1cc(C(F)F)nc(S(=O)(=O)Cl)c1C(F)(F)F. The molecule has 0 radical (unpaired) electrons. The molecule has 19 heavy (non-hydrogen) atoms. The van der Waals surface area contributed by atoms with Crippen molar-refractivity contribution in [3.63, 3.8) is 0 Å². The normalized spacial score (nSPS) is 13.1. The Hall–Kier alpha value is -1.00. The van der Waals surface area contributed by atoms with Gasteiger partial charge in [-0.15, -0.1) is 0 Å². The summed E-state index contributed by atoms with van der Waals surface area (Å²) in [6.07, 6.45) is -8.40. The van der Waals surface area contributed by atoms with E-state index in [1.54, 1.807) is 0 Å². The molecule has 0 saturated carbocycles. The molecule has 0 saturated heterocycles. The molecule has 1 rings (SSSR count). The van der Waals surface area contributed by atoms with E-state index in [9.17, 15) is 30.4 Å². The molecule has 1 aromatic heterocycles. The molecule has 0 fully saturated rings. The standard InChI is InChI=1S/C8H6ClF5N2O2S/c9-19(17,18)7-5(8(12,13)14)3(2-15)1-4(16-7)6(10)11/h1,6H,2,15H2. The molecule has 4 nitrogen and oxygen atoms in total. The lowest BCUT2D eigenvalue weighted by Crippen LogP contribution is -2.19. The topological polar surface area (TPSA) is 73.0 Å². The monoisotopic (exact) mass is 324 g/mol. The first-order valence-corrected chi connectivity index (χ1v) is 6.83. The van der Waals surface area contributed by atoms with Gasteiger partial charge in [0.2, 0.25) is 0 Å². The average molecular weight is 325 g/mol. The molecule has 1 aromatic rings. The molecule has 0 bridgehead atoms. The van der Waals surface area contributed by atoms with Crippen LogP contribution in [0.15, 0.2) is 11.1 Å². The van der Waals surface area contributed by atoms with E-state index in [1.807, 2.05) is 0 Å². The first kappa shape index (κ1) is 16.1. The van der Waals surface area contributed by atoms with E-state index in [1.165, 1.54) is 0 Å². The van der Waals surface area contributed by atoms with Crippen molar-refractivity contribution in [3.05, 3.63) is 22.9 Å². The Kier molecular flexibility index (Phi) is 4.37. The molecule has 0 spiro atoms. The van der Waals surface area contributed by atoms with Crippen LogP contribution in [0.1, 0.15) is 23.2 Å². The Balaban J connectivity index is 3.79. The summed E-state index contributed by atoms with van der Waals surface area (Å²) in [6, 6.07) is 0.402. The fraction of sp³-hybridized carbons (Fsp3) is 0.375. The Morgan fingerprint density at radius 3 is 2.21 bits per heavy atom. The Morgan fingerprint density at radius 1 is 1.37 bits per heavy atom. The van der Waals surface area contributed by atoms with E-state index >= 15 is 0 Å². The lowest BCUT2D eigenvalue weighted by atomic mass is 10.1. The predicted molar refractivity (Wildman–Crippen MR) is 55.1 cm³/mol. The van der Waals surface area contributed by atoms with Gasteiger partial charge < -0.3 is 5.73 Å². The lowest BCUT2D eigenvalue weighted by Gasteiger charge is -2.15. The van der Waals surface area contributed by atoms with E-state index in [0.717, 1.165) is 0 Å². The number of nitrogens with zero attached hydrogens (tertiary/aromatic N) is 1. The van der Waals surface area contributed by atoms with Crippen molar-refractivity contribution in [1.82, 2.24) is 4.98 Å². The van der Waals surface area contributed by atoms with Crippen LogP contribution in [0.3, 0.4) is 0 Å². The minimum Gasteiger partial charge on any atom is -0.326 e. The molecule has 0 aromatic carbocycles. The van der Waals surface area contributed by atoms with Crippen LogP contribution in [-0.2, 0) is 21.8 Å². The summed E-state index contributed by atoms with van der Waals surface area (Å²) in [5.74, 6) is 0. The number of pyridine rings is 1. The number of aromatic nitrogens is 1. The van der Waals surface area contributed by atoms with Crippen LogP contribution in [-0.4, -0.2) is 13.4 Å². The minimum absolute atomic E-state index is 0.402. The first-order chi connectivity index (χ1) is 8.48. The largest absolute Gasteiger partial charge is 0.419 e. The Morgan fingerprint density at radius 2 is 1.89 bits per heavy atom. The van der Waals surface area contributed by atoms with E-state index in [-0.39, 0.29) is 0 Å². The van der Waals surface area contributed by atoms with Crippen LogP contribution in [0.4, 0.5) is 22.0 Å². The summed E-state index contributed by atoms with van der Waals surface area (Å²) in [5.41, 5.74) is 1.32. The van der Waals surface area contributed by atoms with E-state index < -0.39 is 50.0 Å². The number of alkyl halides is 5. The van der Waals surface area contributed by atoms with E-state index in [2.05, 4.69) is 4.98 Å². The van der Waals surface area contributed by atoms with Gasteiger partial charge in [0.05, 0.1) is 5.56 Å². The van der Waals surface area contributed by atoms with Crippen molar-refractivity contribution in [1.29, 1.82) is 0 Å².